The van der Waals surface area contributed by atoms with Crippen molar-refractivity contribution >= 4 is 72.4 Å². The molecule has 0 aliphatic rings. The van der Waals surface area contributed by atoms with Gasteiger partial charge in [-0.15, -0.1) is 0 Å². The number of hydrogen-bond acceptors (Lipinski definition) is 1. The van der Waals surface area contributed by atoms with E-state index >= 15 is 0 Å². The van der Waals surface area contributed by atoms with Gasteiger partial charge in [-0.05, 0) is 0 Å². The Morgan fingerprint density at radius 2 is 1.02 bits per heavy atom. The maximum absolute atomic E-state index is 2.43. The van der Waals surface area contributed by atoms with Crippen LogP contribution in [-0.4, -0.2) is 14.5 Å². The molecule has 0 atom stereocenters. The van der Waals surface area contributed by atoms with Crippen LogP contribution in [0.1, 0.15) is 0 Å². The summed E-state index contributed by atoms with van der Waals surface area (Å²) in [6, 6.07) is 64.2. The summed E-state index contributed by atoms with van der Waals surface area (Å²) in [6.07, 6.45) is 0. The van der Waals surface area contributed by atoms with E-state index in [1.165, 1.54) is 63.1 Å². The number of benzene rings is 8. The van der Waals surface area contributed by atoms with E-state index in [1.54, 1.807) is 0 Å². The second kappa shape index (κ2) is 11.2. The van der Waals surface area contributed by atoms with Crippen LogP contribution in [0.25, 0.3) is 63.1 Å². The zero-order valence-electron chi connectivity index (χ0n) is 25.1. The fourth-order valence-corrected chi connectivity index (χ4v) is 9.60. The van der Waals surface area contributed by atoms with Crippen LogP contribution in [0.15, 0.2) is 176 Å². The van der Waals surface area contributed by atoms with Crippen LogP contribution in [0.2, 0.25) is 0 Å². The third kappa shape index (κ3) is 4.46. The fourth-order valence-electron chi connectivity index (χ4n) is 6.93. The molecule has 0 amide bonds. The molecule has 1 aromatic heterocycles. The van der Waals surface area contributed by atoms with Gasteiger partial charge in [0.25, 0.3) is 0 Å². The molecule has 216 valence electrons. The van der Waals surface area contributed by atoms with Crippen LogP contribution in [0.5, 0.6) is 0 Å². The SMILES string of the molecule is c1ccc(-c2ccccc2-c2ccccc2N(c2ccccc2)c2ccc3ccc4ccc5c6ccccc6[se]c5c4c3c2)cc1. The molecule has 46 heavy (non-hydrogen) atoms. The molecule has 0 radical (unpaired) electrons. The topological polar surface area (TPSA) is 3.24 Å². The summed E-state index contributed by atoms with van der Waals surface area (Å²) in [5.74, 6) is 0. The van der Waals surface area contributed by atoms with E-state index in [0.717, 1.165) is 17.1 Å². The predicted octanol–water partition coefficient (Wildman–Crippen LogP) is 12.2. The Morgan fingerprint density at radius 3 is 1.87 bits per heavy atom. The van der Waals surface area contributed by atoms with E-state index in [2.05, 4.69) is 181 Å². The van der Waals surface area contributed by atoms with E-state index in [1.807, 2.05) is 0 Å². The Labute approximate surface area is 274 Å². The summed E-state index contributed by atoms with van der Waals surface area (Å²) in [4.78, 5) is 2.43. The molecule has 1 heterocycles. The van der Waals surface area contributed by atoms with E-state index in [9.17, 15) is 0 Å². The van der Waals surface area contributed by atoms with E-state index in [-0.39, 0.29) is 14.5 Å². The van der Waals surface area contributed by atoms with Gasteiger partial charge in [0, 0.05) is 0 Å². The Morgan fingerprint density at radius 1 is 0.391 bits per heavy atom. The summed E-state index contributed by atoms with van der Waals surface area (Å²) in [5, 5.41) is 8.07. The molecule has 0 spiro atoms. The summed E-state index contributed by atoms with van der Waals surface area (Å²) in [5.41, 5.74) is 8.29. The van der Waals surface area contributed by atoms with Crippen molar-refractivity contribution in [1.29, 1.82) is 0 Å². The Kier molecular flexibility index (Phi) is 6.56. The zero-order chi connectivity index (χ0) is 30.5. The quantitative estimate of drug-likeness (QED) is 0.132. The van der Waals surface area contributed by atoms with Crippen molar-refractivity contribution in [3.8, 4) is 22.3 Å². The van der Waals surface area contributed by atoms with Crippen LogP contribution < -0.4 is 4.90 Å². The molecule has 9 aromatic rings. The summed E-state index contributed by atoms with van der Waals surface area (Å²) in [7, 11) is 0. The van der Waals surface area contributed by atoms with Crippen molar-refractivity contribution in [2.75, 3.05) is 4.90 Å². The van der Waals surface area contributed by atoms with Crippen molar-refractivity contribution in [2.24, 2.45) is 0 Å². The first-order valence-electron chi connectivity index (χ1n) is 15.7. The number of nitrogens with zero attached hydrogens (tertiary/aromatic N) is 1. The van der Waals surface area contributed by atoms with Crippen LogP contribution in [0.3, 0.4) is 0 Å². The number of rotatable bonds is 5. The van der Waals surface area contributed by atoms with Gasteiger partial charge < -0.3 is 0 Å². The van der Waals surface area contributed by atoms with Gasteiger partial charge in [-0.1, -0.05) is 18.2 Å². The number of anilines is 3. The van der Waals surface area contributed by atoms with Gasteiger partial charge in [0.15, 0.2) is 0 Å². The molecule has 9 rings (SSSR count). The zero-order valence-corrected chi connectivity index (χ0v) is 26.8. The molecule has 0 bridgehead atoms. The second-order valence-corrected chi connectivity index (χ2v) is 13.9. The van der Waals surface area contributed by atoms with Gasteiger partial charge in [0.1, 0.15) is 0 Å². The molecule has 0 unspecified atom stereocenters. The summed E-state index contributed by atoms with van der Waals surface area (Å²) < 4.78 is 2.97. The Balaban J connectivity index is 1.31. The van der Waals surface area contributed by atoms with E-state index < -0.39 is 0 Å². The number of para-hydroxylation sites is 2. The third-order valence-corrected chi connectivity index (χ3v) is 11.6. The first-order valence-corrected chi connectivity index (χ1v) is 17.4. The van der Waals surface area contributed by atoms with Gasteiger partial charge in [0.05, 0.1) is 0 Å². The van der Waals surface area contributed by atoms with Gasteiger partial charge in [-0.2, -0.15) is 0 Å². The third-order valence-electron chi connectivity index (χ3n) is 9.05. The minimum absolute atomic E-state index is 0.266. The number of fused-ring (bicyclic) bond motifs is 7. The van der Waals surface area contributed by atoms with Crippen LogP contribution in [0.4, 0.5) is 17.1 Å². The second-order valence-electron chi connectivity index (χ2n) is 11.7. The van der Waals surface area contributed by atoms with Crippen molar-refractivity contribution in [1.82, 2.24) is 0 Å². The summed E-state index contributed by atoms with van der Waals surface area (Å²) >= 11 is 0.266. The van der Waals surface area contributed by atoms with Gasteiger partial charge >= 0.3 is 257 Å². The molecule has 0 N–H and O–H groups in total. The molecular weight excluding hydrogens is 621 g/mol. The van der Waals surface area contributed by atoms with Gasteiger partial charge in [0.2, 0.25) is 0 Å². The molecule has 0 saturated heterocycles. The molecule has 8 aromatic carbocycles. The van der Waals surface area contributed by atoms with Crippen molar-refractivity contribution in [2.45, 2.75) is 0 Å². The molecule has 0 aliphatic carbocycles. The molecule has 2 heteroatoms. The minimum Gasteiger partial charge on any atom is -0.0617 e. The maximum atomic E-state index is 2.43. The average Bonchev–Trinajstić information content (AvgIpc) is 3.52. The molecular formula is C44H29NSe. The molecule has 0 fully saturated rings. The van der Waals surface area contributed by atoms with Gasteiger partial charge in [-0.25, -0.2) is 0 Å². The van der Waals surface area contributed by atoms with Crippen molar-refractivity contribution in [3.05, 3.63) is 176 Å². The summed E-state index contributed by atoms with van der Waals surface area (Å²) in [6.45, 7) is 0. The van der Waals surface area contributed by atoms with Crippen molar-refractivity contribution < 1.29 is 0 Å². The normalized spacial score (nSPS) is 11.5. The smallest absolute Gasteiger partial charge is 0.0617 e. The predicted molar refractivity (Wildman–Crippen MR) is 199 cm³/mol. The standard InChI is InChI=1S/C44H29NSe/c1-3-13-30(14-4-1)35-17-7-8-18-36(35)37-19-9-11-21-41(37)45(33-15-5-2-6-16-33)34-27-25-31-23-24-32-26-28-39-38-20-10-12-22-42(38)46-44(39)43(32)40(31)29-34/h1-29H. The molecule has 0 aliphatic heterocycles. The molecule has 1 nitrogen and oxygen atoms in total. The van der Waals surface area contributed by atoms with Crippen LogP contribution >= 0.6 is 0 Å². The fraction of sp³-hybridized carbons (Fsp3) is 0. The minimum atomic E-state index is 0.266. The molecule has 0 saturated carbocycles. The first kappa shape index (κ1) is 27.0. The Bertz CT molecular complexity index is 2530. The van der Waals surface area contributed by atoms with Crippen LogP contribution in [-0.2, 0) is 0 Å². The van der Waals surface area contributed by atoms with Gasteiger partial charge in [-0.3, -0.25) is 0 Å². The van der Waals surface area contributed by atoms with E-state index in [4.69, 9.17) is 0 Å². The monoisotopic (exact) mass is 651 g/mol. The van der Waals surface area contributed by atoms with E-state index in [0.29, 0.717) is 0 Å². The first-order chi connectivity index (χ1) is 22.8. The van der Waals surface area contributed by atoms with Crippen molar-refractivity contribution in [3.63, 3.8) is 0 Å². The average molecular weight is 651 g/mol. The van der Waals surface area contributed by atoms with Crippen LogP contribution in [0, 0.1) is 0 Å². The number of hydrogen-bond donors (Lipinski definition) is 0. The Hall–Kier alpha value is -5.40.